The van der Waals surface area contributed by atoms with Gasteiger partial charge in [-0.25, -0.2) is 0 Å². The summed E-state index contributed by atoms with van der Waals surface area (Å²) in [5, 5.41) is 3.41. The number of piperidine rings is 1. The molecule has 2 fully saturated rings. The number of nitrogens with one attached hydrogen (secondary N) is 1. The summed E-state index contributed by atoms with van der Waals surface area (Å²) in [6, 6.07) is 0.485. The summed E-state index contributed by atoms with van der Waals surface area (Å²) in [6.45, 7) is 6.40. The lowest BCUT2D eigenvalue weighted by atomic mass is 9.92. The summed E-state index contributed by atoms with van der Waals surface area (Å²) in [6.07, 6.45) is 3.22. The van der Waals surface area contributed by atoms with E-state index in [9.17, 15) is 4.79 Å². The molecule has 0 aromatic heterocycles. The van der Waals surface area contributed by atoms with Gasteiger partial charge in [-0.3, -0.25) is 4.79 Å². The van der Waals surface area contributed by atoms with Crippen LogP contribution in [0, 0.1) is 11.8 Å². The standard InChI is InChI=1S/C14H27N3O/c1-11-8-13(4-6-15-11)14(18)17(3)10-12-5-7-16(2)9-12/h11-13,15H,4-10H2,1-3H3. The van der Waals surface area contributed by atoms with Gasteiger partial charge in [-0.05, 0) is 52.2 Å². The number of amides is 1. The van der Waals surface area contributed by atoms with Gasteiger partial charge in [0.15, 0.2) is 0 Å². The molecule has 0 bridgehead atoms. The maximum absolute atomic E-state index is 12.4. The fourth-order valence-electron chi connectivity index (χ4n) is 3.32. The molecule has 0 aromatic carbocycles. The molecule has 1 amide bonds. The average Bonchev–Trinajstić information content (AvgIpc) is 2.73. The molecule has 2 aliphatic heterocycles. The number of carbonyl (C=O) groups excluding carboxylic acids is 1. The van der Waals surface area contributed by atoms with Crippen molar-refractivity contribution in [3.63, 3.8) is 0 Å². The Bertz CT molecular complexity index is 295. The molecule has 2 saturated heterocycles. The van der Waals surface area contributed by atoms with E-state index in [2.05, 4.69) is 24.2 Å². The fraction of sp³-hybridized carbons (Fsp3) is 0.929. The summed E-state index contributed by atoms with van der Waals surface area (Å²) < 4.78 is 0. The zero-order chi connectivity index (χ0) is 13.1. The van der Waals surface area contributed by atoms with Crippen molar-refractivity contribution in [2.75, 3.05) is 40.3 Å². The van der Waals surface area contributed by atoms with Crippen LogP contribution < -0.4 is 5.32 Å². The molecule has 3 unspecified atom stereocenters. The molecular weight excluding hydrogens is 226 g/mol. The molecule has 3 atom stereocenters. The van der Waals surface area contributed by atoms with Crippen molar-refractivity contribution in [2.45, 2.75) is 32.2 Å². The van der Waals surface area contributed by atoms with Crippen LogP contribution in [0.1, 0.15) is 26.2 Å². The van der Waals surface area contributed by atoms with Gasteiger partial charge in [-0.1, -0.05) is 0 Å². The molecule has 0 aromatic rings. The zero-order valence-electron chi connectivity index (χ0n) is 12.0. The molecule has 0 spiro atoms. The molecule has 2 rings (SSSR count). The monoisotopic (exact) mass is 253 g/mol. The smallest absolute Gasteiger partial charge is 0.225 e. The molecular formula is C14H27N3O. The van der Waals surface area contributed by atoms with Crippen LogP contribution in [0.15, 0.2) is 0 Å². The topological polar surface area (TPSA) is 35.6 Å². The van der Waals surface area contributed by atoms with Crippen molar-refractivity contribution >= 4 is 5.91 Å². The molecule has 0 aliphatic carbocycles. The zero-order valence-corrected chi connectivity index (χ0v) is 12.0. The van der Waals surface area contributed by atoms with E-state index >= 15 is 0 Å². The first-order valence-electron chi connectivity index (χ1n) is 7.23. The van der Waals surface area contributed by atoms with Gasteiger partial charge in [0.25, 0.3) is 0 Å². The highest BCUT2D eigenvalue weighted by Crippen LogP contribution is 2.20. The minimum atomic E-state index is 0.241. The number of rotatable bonds is 3. The van der Waals surface area contributed by atoms with Crippen LogP contribution in [0.25, 0.3) is 0 Å². The van der Waals surface area contributed by atoms with Crippen LogP contribution in [0.3, 0.4) is 0 Å². The molecule has 0 radical (unpaired) electrons. The maximum Gasteiger partial charge on any atom is 0.225 e. The van der Waals surface area contributed by atoms with E-state index < -0.39 is 0 Å². The quantitative estimate of drug-likeness (QED) is 0.807. The summed E-state index contributed by atoms with van der Waals surface area (Å²) in [5.41, 5.74) is 0. The normalized spacial score (nSPS) is 33.6. The molecule has 4 heteroatoms. The van der Waals surface area contributed by atoms with Crippen molar-refractivity contribution < 1.29 is 4.79 Å². The third kappa shape index (κ3) is 3.45. The van der Waals surface area contributed by atoms with Gasteiger partial charge in [-0.15, -0.1) is 0 Å². The van der Waals surface area contributed by atoms with Gasteiger partial charge in [0, 0.05) is 32.1 Å². The van der Waals surface area contributed by atoms with E-state index in [0.717, 1.165) is 32.5 Å². The van der Waals surface area contributed by atoms with Gasteiger partial charge < -0.3 is 15.1 Å². The van der Waals surface area contributed by atoms with Gasteiger partial charge >= 0.3 is 0 Å². The predicted octanol–water partition coefficient (Wildman–Crippen LogP) is 0.785. The highest BCUT2D eigenvalue weighted by Gasteiger charge is 2.29. The summed E-state index contributed by atoms with van der Waals surface area (Å²) >= 11 is 0. The van der Waals surface area contributed by atoms with Crippen LogP contribution in [-0.4, -0.2) is 62.0 Å². The van der Waals surface area contributed by atoms with E-state index in [1.807, 2.05) is 11.9 Å². The van der Waals surface area contributed by atoms with Crippen molar-refractivity contribution in [3.05, 3.63) is 0 Å². The number of nitrogens with zero attached hydrogens (tertiary/aromatic N) is 2. The highest BCUT2D eigenvalue weighted by atomic mass is 16.2. The molecule has 2 aliphatic rings. The van der Waals surface area contributed by atoms with Crippen molar-refractivity contribution in [1.82, 2.24) is 15.1 Å². The van der Waals surface area contributed by atoms with Crippen LogP contribution >= 0.6 is 0 Å². The highest BCUT2D eigenvalue weighted by molar-refractivity contribution is 5.78. The molecule has 2 heterocycles. The SMILES string of the molecule is CC1CC(C(=O)N(C)CC2CCN(C)C2)CCN1. The lowest BCUT2D eigenvalue weighted by Crippen LogP contribution is -2.44. The first-order valence-corrected chi connectivity index (χ1v) is 7.23. The molecule has 1 N–H and O–H groups in total. The lowest BCUT2D eigenvalue weighted by Gasteiger charge is -2.31. The third-order valence-electron chi connectivity index (χ3n) is 4.37. The van der Waals surface area contributed by atoms with Gasteiger partial charge in [0.05, 0.1) is 0 Å². The fourth-order valence-corrected chi connectivity index (χ4v) is 3.32. The Morgan fingerprint density at radius 1 is 1.44 bits per heavy atom. The lowest BCUT2D eigenvalue weighted by molar-refractivity contribution is -0.135. The van der Waals surface area contributed by atoms with E-state index in [0.29, 0.717) is 17.9 Å². The molecule has 0 saturated carbocycles. The Morgan fingerprint density at radius 2 is 2.22 bits per heavy atom. The minimum absolute atomic E-state index is 0.241. The first kappa shape index (κ1) is 13.8. The van der Waals surface area contributed by atoms with Gasteiger partial charge in [0.2, 0.25) is 5.91 Å². The number of hydrogen-bond acceptors (Lipinski definition) is 3. The van der Waals surface area contributed by atoms with Crippen LogP contribution in [0.4, 0.5) is 0 Å². The van der Waals surface area contributed by atoms with E-state index in [1.165, 1.54) is 13.0 Å². The Kier molecular flexibility index (Phi) is 4.62. The Labute approximate surface area is 111 Å². The summed E-state index contributed by atoms with van der Waals surface area (Å²) in [5.74, 6) is 1.27. The number of likely N-dealkylation sites (tertiary alicyclic amines) is 1. The second kappa shape index (κ2) is 6.02. The van der Waals surface area contributed by atoms with E-state index in [4.69, 9.17) is 0 Å². The first-order chi connectivity index (χ1) is 8.56. The third-order valence-corrected chi connectivity index (χ3v) is 4.37. The average molecular weight is 253 g/mol. The van der Waals surface area contributed by atoms with Crippen LogP contribution in [0.5, 0.6) is 0 Å². The predicted molar refractivity (Wildman–Crippen MR) is 73.4 cm³/mol. The maximum atomic E-state index is 12.4. The number of carbonyl (C=O) groups is 1. The summed E-state index contributed by atoms with van der Waals surface area (Å²) in [4.78, 5) is 16.7. The second-order valence-electron chi connectivity index (χ2n) is 6.21. The Balaban J connectivity index is 1.80. The molecule has 104 valence electrons. The van der Waals surface area contributed by atoms with Crippen LogP contribution in [0.2, 0.25) is 0 Å². The van der Waals surface area contributed by atoms with E-state index in [1.54, 1.807) is 0 Å². The Morgan fingerprint density at radius 3 is 2.83 bits per heavy atom. The Hall–Kier alpha value is -0.610. The van der Waals surface area contributed by atoms with E-state index in [-0.39, 0.29) is 5.92 Å². The van der Waals surface area contributed by atoms with Crippen molar-refractivity contribution in [3.8, 4) is 0 Å². The van der Waals surface area contributed by atoms with Crippen molar-refractivity contribution in [2.24, 2.45) is 11.8 Å². The van der Waals surface area contributed by atoms with Crippen LogP contribution in [-0.2, 0) is 4.79 Å². The minimum Gasteiger partial charge on any atom is -0.345 e. The van der Waals surface area contributed by atoms with Gasteiger partial charge in [-0.2, -0.15) is 0 Å². The summed E-state index contributed by atoms with van der Waals surface area (Å²) in [7, 11) is 4.14. The van der Waals surface area contributed by atoms with Crippen molar-refractivity contribution in [1.29, 1.82) is 0 Å². The molecule has 4 nitrogen and oxygen atoms in total. The number of hydrogen-bond donors (Lipinski definition) is 1. The van der Waals surface area contributed by atoms with Gasteiger partial charge in [0.1, 0.15) is 0 Å². The molecule has 18 heavy (non-hydrogen) atoms. The largest absolute Gasteiger partial charge is 0.345 e. The second-order valence-corrected chi connectivity index (χ2v) is 6.21.